The van der Waals surface area contributed by atoms with Gasteiger partial charge in [0, 0.05) is 55.1 Å². The Morgan fingerprint density at radius 3 is 2.22 bits per heavy atom. The fourth-order valence-corrected chi connectivity index (χ4v) is 7.24. The molecule has 268 valence electrons. The van der Waals surface area contributed by atoms with Gasteiger partial charge in [-0.05, 0) is 74.4 Å². The minimum absolute atomic E-state index is 0.0121. The van der Waals surface area contributed by atoms with Crippen LogP contribution in [0.15, 0.2) is 90.5 Å². The Balaban J connectivity index is 0.923. The van der Waals surface area contributed by atoms with E-state index in [1.807, 2.05) is 43.3 Å². The van der Waals surface area contributed by atoms with E-state index in [1.165, 1.54) is 34.0 Å². The zero-order valence-electron chi connectivity index (χ0n) is 28.7. The Labute approximate surface area is 294 Å². The summed E-state index contributed by atoms with van der Waals surface area (Å²) in [4.78, 5) is 21.7. The summed E-state index contributed by atoms with van der Waals surface area (Å²) in [5, 5.41) is 18.5. The van der Waals surface area contributed by atoms with Crippen LogP contribution < -0.4 is 20.2 Å². The van der Waals surface area contributed by atoms with Crippen molar-refractivity contribution in [1.29, 1.82) is 0 Å². The van der Waals surface area contributed by atoms with Gasteiger partial charge < -0.3 is 24.4 Å². The van der Waals surface area contributed by atoms with Gasteiger partial charge in [-0.1, -0.05) is 13.0 Å². The second-order valence-electron chi connectivity index (χ2n) is 13.3. The lowest BCUT2D eigenvalue weighted by atomic mass is 9.87. The first kappa shape index (κ1) is 34.4. The molecule has 14 heteroatoms. The maximum absolute atomic E-state index is 15.0. The van der Waals surface area contributed by atoms with Crippen LogP contribution in [0.2, 0.25) is 0 Å². The zero-order valence-corrected chi connectivity index (χ0v) is 28.7. The quantitative estimate of drug-likeness (QED) is 0.200. The first-order valence-electron chi connectivity index (χ1n) is 17.3. The molecule has 2 aliphatic rings. The number of aliphatic hydroxyl groups is 1. The summed E-state index contributed by atoms with van der Waals surface area (Å²) in [6.45, 7) is 7.97. The van der Waals surface area contributed by atoms with Crippen LogP contribution in [0.1, 0.15) is 38.3 Å². The van der Waals surface area contributed by atoms with Crippen LogP contribution in [0, 0.1) is 17.6 Å². The Kier molecular flexibility index (Phi) is 9.87. The number of ether oxygens (including phenoxy) is 2. The van der Waals surface area contributed by atoms with Gasteiger partial charge in [0.25, 0.3) is 0 Å². The molecule has 4 heterocycles. The second-order valence-corrected chi connectivity index (χ2v) is 13.3. The van der Waals surface area contributed by atoms with Gasteiger partial charge in [0.2, 0.25) is 0 Å². The standard InChI is InChI=1S/C37H42F2N8O4/c1-3-35(26(2)48)47-36(49)46(25-42-47)31-7-5-29(6-8-31)43-14-16-44(17-15-43)30-9-11-32(12-10-30)50-20-27-19-37(51-21-27,22-45-24-40-23-41-45)33-13-4-28(38)18-34(33)39/h4-13,18,23-27,35,48H,3,14-17,19-22H2,1-2H3/t26-,27+,35+,37-/m1/s1. The van der Waals surface area contributed by atoms with E-state index in [4.69, 9.17) is 9.47 Å². The van der Waals surface area contributed by atoms with E-state index in [9.17, 15) is 18.7 Å². The molecule has 2 aromatic heterocycles. The largest absolute Gasteiger partial charge is 0.493 e. The van der Waals surface area contributed by atoms with E-state index in [0.29, 0.717) is 31.6 Å². The lowest BCUT2D eigenvalue weighted by Crippen LogP contribution is -2.46. The Morgan fingerprint density at radius 1 is 0.941 bits per heavy atom. The number of rotatable bonds is 12. The van der Waals surface area contributed by atoms with Gasteiger partial charge >= 0.3 is 5.69 Å². The van der Waals surface area contributed by atoms with Gasteiger partial charge in [-0.3, -0.25) is 0 Å². The number of anilines is 2. The van der Waals surface area contributed by atoms with Gasteiger partial charge in [-0.2, -0.15) is 10.2 Å². The molecule has 3 aromatic carbocycles. The Morgan fingerprint density at radius 2 is 1.61 bits per heavy atom. The average molecular weight is 701 g/mol. The molecule has 7 rings (SSSR count). The lowest BCUT2D eigenvalue weighted by molar-refractivity contribution is -0.0206. The predicted octanol–water partition coefficient (Wildman–Crippen LogP) is 4.57. The van der Waals surface area contributed by atoms with E-state index in [0.717, 1.165) is 55.1 Å². The van der Waals surface area contributed by atoms with Gasteiger partial charge in [-0.15, -0.1) is 0 Å². The number of nitrogens with zero attached hydrogens (tertiary/aromatic N) is 8. The highest BCUT2D eigenvalue weighted by atomic mass is 19.1. The molecule has 4 atom stereocenters. The number of aliphatic hydroxyl groups excluding tert-OH is 1. The number of halogens is 2. The molecule has 2 fully saturated rings. The number of aromatic nitrogens is 6. The minimum atomic E-state index is -1.02. The smallest absolute Gasteiger partial charge is 0.350 e. The van der Waals surface area contributed by atoms with Crippen molar-refractivity contribution < 1.29 is 23.4 Å². The molecule has 2 aliphatic heterocycles. The summed E-state index contributed by atoms with van der Waals surface area (Å²) in [5.41, 5.74) is 1.93. The van der Waals surface area contributed by atoms with Gasteiger partial charge in [0.1, 0.15) is 42.0 Å². The van der Waals surface area contributed by atoms with Crippen molar-refractivity contribution in [1.82, 2.24) is 29.1 Å². The van der Waals surface area contributed by atoms with Crippen molar-refractivity contribution in [3.05, 3.63) is 113 Å². The molecular formula is C37H42F2N8O4. The lowest BCUT2D eigenvalue weighted by Gasteiger charge is -2.37. The van der Waals surface area contributed by atoms with E-state index in [1.54, 1.807) is 17.9 Å². The maximum Gasteiger partial charge on any atom is 0.350 e. The highest BCUT2D eigenvalue weighted by Gasteiger charge is 2.44. The summed E-state index contributed by atoms with van der Waals surface area (Å²) < 4.78 is 45.6. The fourth-order valence-electron chi connectivity index (χ4n) is 7.24. The van der Waals surface area contributed by atoms with E-state index in [2.05, 4.69) is 37.1 Å². The molecule has 0 saturated carbocycles. The van der Waals surface area contributed by atoms with E-state index in [-0.39, 0.29) is 24.2 Å². The van der Waals surface area contributed by atoms with Crippen LogP contribution in [-0.4, -0.2) is 79.7 Å². The number of hydrogen-bond acceptors (Lipinski definition) is 9. The molecule has 0 amide bonds. The summed E-state index contributed by atoms with van der Waals surface area (Å²) in [7, 11) is 0. The first-order chi connectivity index (χ1) is 24.7. The zero-order chi connectivity index (χ0) is 35.5. The van der Waals surface area contributed by atoms with Crippen molar-refractivity contribution >= 4 is 11.4 Å². The van der Waals surface area contributed by atoms with Crippen LogP contribution >= 0.6 is 0 Å². The molecular weight excluding hydrogens is 658 g/mol. The SMILES string of the molecule is CC[C@@H]([C@@H](C)O)n1ncn(-c2ccc(N3CCN(c4ccc(OC[C@H]5CO[C@](Cn6cncn6)(c6ccc(F)cc6F)C5)cc4)CC3)cc2)c1=O. The van der Waals surface area contributed by atoms with E-state index < -0.39 is 23.3 Å². The summed E-state index contributed by atoms with van der Waals surface area (Å²) in [6, 6.07) is 19.2. The average Bonchev–Trinajstić information content (AvgIpc) is 3.90. The Bertz CT molecular complexity index is 1960. The van der Waals surface area contributed by atoms with Gasteiger partial charge in [-0.25, -0.2) is 32.5 Å². The number of hydrogen-bond donors (Lipinski definition) is 1. The van der Waals surface area contributed by atoms with Crippen LogP contribution in [0.4, 0.5) is 20.2 Å². The fraction of sp³-hybridized carbons (Fsp3) is 0.405. The third kappa shape index (κ3) is 7.24. The maximum atomic E-state index is 15.0. The predicted molar refractivity (Wildman–Crippen MR) is 187 cm³/mol. The molecule has 12 nitrogen and oxygen atoms in total. The van der Waals surface area contributed by atoms with Crippen molar-refractivity contribution in [2.75, 3.05) is 49.2 Å². The van der Waals surface area contributed by atoms with Crippen LogP contribution in [0.5, 0.6) is 5.75 Å². The summed E-state index contributed by atoms with van der Waals surface area (Å²) in [5.74, 6) is -0.563. The molecule has 0 spiro atoms. The number of benzene rings is 3. The van der Waals surface area contributed by atoms with E-state index >= 15 is 0 Å². The summed E-state index contributed by atoms with van der Waals surface area (Å²) >= 11 is 0. The summed E-state index contributed by atoms with van der Waals surface area (Å²) in [6.07, 6.45) is 4.88. The minimum Gasteiger partial charge on any atom is -0.493 e. The van der Waals surface area contributed by atoms with Gasteiger partial charge in [0.15, 0.2) is 0 Å². The van der Waals surface area contributed by atoms with Crippen LogP contribution in [0.3, 0.4) is 0 Å². The van der Waals surface area contributed by atoms with Gasteiger partial charge in [0.05, 0.1) is 37.6 Å². The molecule has 2 saturated heterocycles. The van der Waals surface area contributed by atoms with Crippen LogP contribution in [0.25, 0.3) is 5.69 Å². The Hall–Kier alpha value is -5.08. The molecule has 0 unspecified atom stereocenters. The molecule has 0 bridgehead atoms. The third-order valence-electron chi connectivity index (χ3n) is 9.96. The highest BCUT2D eigenvalue weighted by Crippen LogP contribution is 2.42. The molecule has 51 heavy (non-hydrogen) atoms. The molecule has 0 aliphatic carbocycles. The second kappa shape index (κ2) is 14.6. The highest BCUT2D eigenvalue weighted by molar-refractivity contribution is 5.54. The topological polar surface area (TPSA) is 116 Å². The molecule has 5 aromatic rings. The number of piperazine rings is 1. The van der Waals surface area contributed by atoms with Crippen molar-refractivity contribution in [3.63, 3.8) is 0 Å². The van der Waals surface area contributed by atoms with Crippen molar-refractivity contribution in [3.8, 4) is 11.4 Å². The third-order valence-corrected chi connectivity index (χ3v) is 9.96. The molecule has 1 N–H and O–H groups in total. The first-order valence-corrected chi connectivity index (χ1v) is 17.3. The monoisotopic (exact) mass is 700 g/mol. The van der Waals surface area contributed by atoms with Crippen molar-refractivity contribution in [2.45, 2.75) is 51.0 Å². The van der Waals surface area contributed by atoms with Crippen LogP contribution in [-0.2, 0) is 16.9 Å². The van der Waals surface area contributed by atoms with Crippen molar-refractivity contribution in [2.24, 2.45) is 5.92 Å². The molecule has 0 radical (unpaired) electrons. The normalized spacial score (nSPS) is 20.5.